The number of piperidine rings is 1. The third-order valence-electron chi connectivity index (χ3n) is 5.36. The van der Waals surface area contributed by atoms with Crippen LogP contribution in [0.1, 0.15) is 44.1 Å². The molecule has 1 aromatic rings. The van der Waals surface area contributed by atoms with Gasteiger partial charge in [-0.3, -0.25) is 4.79 Å². The lowest BCUT2D eigenvalue weighted by atomic mass is 9.95. The number of carbonyl (C=O) groups is 1. The monoisotopic (exact) mass is 318 g/mol. The minimum atomic E-state index is -0.261. The zero-order valence-corrected chi connectivity index (χ0v) is 13.8. The number of nitrogens with zero attached hydrogens (tertiary/aromatic N) is 1. The summed E-state index contributed by atoms with van der Waals surface area (Å²) in [6, 6.07) is 6.98. The second-order valence-electron chi connectivity index (χ2n) is 7.02. The SMILES string of the molecule is O=C(Cc1ccc(F)cc1)NCC1CCN(C2CCCC2)CC1. The van der Waals surface area contributed by atoms with Gasteiger partial charge in [0.05, 0.1) is 6.42 Å². The first kappa shape index (κ1) is 16.4. The molecule has 1 aliphatic carbocycles. The van der Waals surface area contributed by atoms with Crippen molar-refractivity contribution in [3.63, 3.8) is 0 Å². The molecule has 1 amide bonds. The van der Waals surface area contributed by atoms with Crippen LogP contribution in [-0.4, -0.2) is 36.5 Å². The Bertz CT molecular complexity index is 503. The lowest BCUT2D eigenvalue weighted by molar-refractivity contribution is -0.120. The number of likely N-dealkylation sites (tertiary alicyclic amines) is 1. The van der Waals surface area contributed by atoms with E-state index in [1.54, 1.807) is 12.1 Å². The van der Waals surface area contributed by atoms with Crippen LogP contribution in [0.3, 0.4) is 0 Å². The zero-order valence-electron chi connectivity index (χ0n) is 13.8. The van der Waals surface area contributed by atoms with Crippen LogP contribution in [0.2, 0.25) is 0 Å². The molecule has 23 heavy (non-hydrogen) atoms. The summed E-state index contributed by atoms with van der Waals surface area (Å²) in [5.74, 6) is 0.378. The molecule has 1 N–H and O–H groups in total. The van der Waals surface area contributed by atoms with Crippen LogP contribution in [-0.2, 0) is 11.2 Å². The van der Waals surface area contributed by atoms with E-state index in [-0.39, 0.29) is 11.7 Å². The Labute approximate surface area is 138 Å². The minimum Gasteiger partial charge on any atom is -0.356 e. The predicted octanol–water partition coefficient (Wildman–Crippen LogP) is 3.14. The molecule has 1 aliphatic heterocycles. The fourth-order valence-corrected chi connectivity index (χ4v) is 3.90. The van der Waals surface area contributed by atoms with Gasteiger partial charge in [-0.25, -0.2) is 4.39 Å². The molecule has 0 aromatic heterocycles. The van der Waals surface area contributed by atoms with Gasteiger partial charge in [0.15, 0.2) is 0 Å². The van der Waals surface area contributed by atoms with Gasteiger partial charge in [-0.15, -0.1) is 0 Å². The Morgan fingerprint density at radius 3 is 2.39 bits per heavy atom. The van der Waals surface area contributed by atoms with Gasteiger partial charge in [0.25, 0.3) is 0 Å². The molecular weight excluding hydrogens is 291 g/mol. The first-order valence-corrected chi connectivity index (χ1v) is 8.96. The number of amides is 1. The third kappa shape index (κ3) is 4.77. The van der Waals surface area contributed by atoms with Crippen LogP contribution in [0.25, 0.3) is 0 Å². The Morgan fingerprint density at radius 1 is 1.09 bits per heavy atom. The molecule has 3 nitrogen and oxygen atoms in total. The quantitative estimate of drug-likeness (QED) is 0.904. The second-order valence-corrected chi connectivity index (χ2v) is 7.02. The standard InChI is InChI=1S/C19H27FN2O/c20-17-7-5-15(6-8-17)13-19(23)21-14-16-9-11-22(12-10-16)18-3-1-2-4-18/h5-8,16,18H,1-4,9-14H2,(H,21,23). The summed E-state index contributed by atoms with van der Waals surface area (Å²) in [6.45, 7) is 3.14. The molecule has 1 heterocycles. The van der Waals surface area contributed by atoms with E-state index in [0.29, 0.717) is 12.3 Å². The van der Waals surface area contributed by atoms with Crippen molar-refractivity contribution < 1.29 is 9.18 Å². The first-order chi connectivity index (χ1) is 11.2. The van der Waals surface area contributed by atoms with Crippen molar-refractivity contribution in [2.45, 2.75) is 51.0 Å². The van der Waals surface area contributed by atoms with Gasteiger partial charge in [0.1, 0.15) is 5.82 Å². The first-order valence-electron chi connectivity index (χ1n) is 8.96. The summed E-state index contributed by atoms with van der Waals surface area (Å²) in [5.41, 5.74) is 0.861. The average molecular weight is 318 g/mol. The van der Waals surface area contributed by atoms with Gasteiger partial charge >= 0.3 is 0 Å². The van der Waals surface area contributed by atoms with Gasteiger partial charge in [0, 0.05) is 12.6 Å². The van der Waals surface area contributed by atoms with E-state index < -0.39 is 0 Å². The molecule has 0 unspecified atom stereocenters. The highest BCUT2D eigenvalue weighted by molar-refractivity contribution is 5.78. The van der Waals surface area contributed by atoms with Gasteiger partial charge in [-0.05, 0) is 62.4 Å². The molecule has 126 valence electrons. The van der Waals surface area contributed by atoms with Crippen molar-refractivity contribution >= 4 is 5.91 Å². The Morgan fingerprint density at radius 2 is 1.74 bits per heavy atom. The number of benzene rings is 1. The molecule has 0 atom stereocenters. The maximum absolute atomic E-state index is 12.9. The largest absolute Gasteiger partial charge is 0.356 e. The van der Waals surface area contributed by atoms with E-state index in [2.05, 4.69) is 10.2 Å². The van der Waals surface area contributed by atoms with Crippen LogP contribution >= 0.6 is 0 Å². The number of halogens is 1. The third-order valence-corrected chi connectivity index (χ3v) is 5.36. The van der Waals surface area contributed by atoms with E-state index in [9.17, 15) is 9.18 Å². The summed E-state index contributed by atoms with van der Waals surface area (Å²) in [7, 11) is 0. The summed E-state index contributed by atoms with van der Waals surface area (Å²) in [5, 5.41) is 3.05. The van der Waals surface area contributed by atoms with E-state index >= 15 is 0 Å². The van der Waals surface area contributed by atoms with Crippen molar-refractivity contribution in [3.05, 3.63) is 35.6 Å². The Hall–Kier alpha value is -1.42. The average Bonchev–Trinajstić information content (AvgIpc) is 3.10. The molecule has 1 aromatic carbocycles. The van der Waals surface area contributed by atoms with Crippen LogP contribution < -0.4 is 5.32 Å². The molecule has 0 spiro atoms. The van der Waals surface area contributed by atoms with E-state index in [0.717, 1.165) is 18.2 Å². The van der Waals surface area contributed by atoms with Gasteiger partial charge in [-0.1, -0.05) is 25.0 Å². The van der Waals surface area contributed by atoms with E-state index in [4.69, 9.17) is 0 Å². The molecule has 0 radical (unpaired) electrons. The summed E-state index contributed by atoms with van der Waals surface area (Å²) in [4.78, 5) is 14.7. The fourth-order valence-electron chi connectivity index (χ4n) is 3.90. The molecule has 2 fully saturated rings. The highest BCUT2D eigenvalue weighted by Crippen LogP contribution is 2.27. The predicted molar refractivity (Wildman–Crippen MR) is 89.7 cm³/mol. The minimum absolute atomic E-state index is 0.0369. The van der Waals surface area contributed by atoms with Gasteiger partial charge < -0.3 is 10.2 Å². The molecule has 1 saturated carbocycles. The van der Waals surface area contributed by atoms with E-state index in [1.165, 1.54) is 63.7 Å². The lowest BCUT2D eigenvalue weighted by Crippen LogP contribution is -2.42. The van der Waals surface area contributed by atoms with Crippen molar-refractivity contribution in [2.75, 3.05) is 19.6 Å². The van der Waals surface area contributed by atoms with Crippen molar-refractivity contribution in [2.24, 2.45) is 5.92 Å². The van der Waals surface area contributed by atoms with Crippen LogP contribution in [0, 0.1) is 11.7 Å². The van der Waals surface area contributed by atoms with E-state index in [1.807, 2.05) is 0 Å². The van der Waals surface area contributed by atoms with Gasteiger partial charge in [0.2, 0.25) is 5.91 Å². The van der Waals surface area contributed by atoms with Crippen molar-refractivity contribution in [3.8, 4) is 0 Å². The fraction of sp³-hybridized carbons (Fsp3) is 0.632. The van der Waals surface area contributed by atoms with Crippen LogP contribution in [0.15, 0.2) is 24.3 Å². The number of hydrogen-bond acceptors (Lipinski definition) is 2. The molecule has 1 saturated heterocycles. The van der Waals surface area contributed by atoms with Crippen molar-refractivity contribution in [1.82, 2.24) is 10.2 Å². The smallest absolute Gasteiger partial charge is 0.224 e. The molecular formula is C19H27FN2O. The number of hydrogen-bond donors (Lipinski definition) is 1. The van der Waals surface area contributed by atoms with Crippen LogP contribution in [0.4, 0.5) is 4.39 Å². The second kappa shape index (κ2) is 7.91. The zero-order chi connectivity index (χ0) is 16.1. The number of nitrogens with one attached hydrogen (secondary N) is 1. The highest BCUT2D eigenvalue weighted by atomic mass is 19.1. The lowest BCUT2D eigenvalue weighted by Gasteiger charge is -2.36. The number of carbonyl (C=O) groups excluding carboxylic acids is 1. The summed E-state index contributed by atoms with van der Waals surface area (Å²) in [6.07, 6.45) is 8.24. The maximum Gasteiger partial charge on any atom is 0.224 e. The molecule has 2 aliphatic rings. The van der Waals surface area contributed by atoms with Crippen LogP contribution in [0.5, 0.6) is 0 Å². The Kier molecular flexibility index (Phi) is 5.65. The normalized spacial score (nSPS) is 20.7. The summed E-state index contributed by atoms with van der Waals surface area (Å²) >= 11 is 0. The molecule has 4 heteroatoms. The summed E-state index contributed by atoms with van der Waals surface area (Å²) < 4.78 is 12.9. The topological polar surface area (TPSA) is 32.3 Å². The van der Waals surface area contributed by atoms with Gasteiger partial charge in [-0.2, -0.15) is 0 Å². The number of rotatable bonds is 5. The highest BCUT2D eigenvalue weighted by Gasteiger charge is 2.27. The maximum atomic E-state index is 12.9. The van der Waals surface area contributed by atoms with Crippen molar-refractivity contribution in [1.29, 1.82) is 0 Å². The Balaban J connectivity index is 1.36. The molecule has 0 bridgehead atoms. The molecule has 3 rings (SSSR count).